The van der Waals surface area contributed by atoms with E-state index in [1.165, 1.54) is 5.56 Å². The molecule has 5 heteroatoms. The van der Waals surface area contributed by atoms with Gasteiger partial charge in [0.1, 0.15) is 0 Å². The number of nitrogens with one attached hydrogen (secondary N) is 1. The molecule has 1 aliphatic heterocycles. The van der Waals surface area contributed by atoms with Crippen LogP contribution in [-0.4, -0.2) is 40.7 Å². The highest BCUT2D eigenvalue weighted by atomic mass is 16.6. The summed E-state index contributed by atoms with van der Waals surface area (Å²) in [6.45, 7) is 1.83. The van der Waals surface area contributed by atoms with Crippen LogP contribution >= 0.6 is 0 Å². The zero-order valence-electron chi connectivity index (χ0n) is 12.6. The molecule has 1 aromatic heterocycles. The van der Waals surface area contributed by atoms with E-state index < -0.39 is 0 Å². The van der Waals surface area contributed by atoms with Crippen LogP contribution in [0.25, 0.3) is 0 Å². The highest BCUT2D eigenvalue weighted by Crippen LogP contribution is 2.12. The fraction of sp³-hybridized carbons (Fsp3) is 0.412. The molecule has 2 heterocycles. The van der Waals surface area contributed by atoms with Gasteiger partial charge in [-0.1, -0.05) is 30.3 Å². The second-order valence-electron chi connectivity index (χ2n) is 5.52. The van der Waals surface area contributed by atoms with Crippen molar-refractivity contribution in [1.82, 2.24) is 14.9 Å². The molecule has 1 N–H and O–H groups in total. The number of carbonyl (C=O) groups is 1. The molecule has 1 aromatic carbocycles. The number of aromatic amines is 1. The van der Waals surface area contributed by atoms with Crippen molar-refractivity contribution < 1.29 is 9.53 Å². The van der Waals surface area contributed by atoms with Gasteiger partial charge < -0.3 is 14.6 Å². The van der Waals surface area contributed by atoms with Gasteiger partial charge in [-0.3, -0.25) is 0 Å². The van der Waals surface area contributed by atoms with Gasteiger partial charge in [-0.15, -0.1) is 0 Å². The number of ether oxygens (including phenoxy) is 1. The third kappa shape index (κ3) is 3.67. The predicted octanol–water partition coefficient (Wildman–Crippen LogP) is 2.58. The number of fused-ring (bicyclic) bond motifs is 1. The third-order valence-corrected chi connectivity index (χ3v) is 3.99. The summed E-state index contributed by atoms with van der Waals surface area (Å²) in [5.41, 5.74) is 3.48. The van der Waals surface area contributed by atoms with Crippen molar-refractivity contribution in [3.63, 3.8) is 0 Å². The van der Waals surface area contributed by atoms with Gasteiger partial charge in [-0.25, -0.2) is 9.78 Å². The largest absolute Gasteiger partial charge is 0.449 e. The molecule has 0 saturated heterocycles. The average Bonchev–Trinajstić information content (AvgIpc) is 2.91. The molecule has 1 aliphatic rings. The lowest BCUT2D eigenvalue weighted by Crippen LogP contribution is -2.34. The first-order valence-corrected chi connectivity index (χ1v) is 7.79. The van der Waals surface area contributed by atoms with Crippen molar-refractivity contribution in [2.75, 3.05) is 19.7 Å². The number of H-pyrrole nitrogens is 1. The summed E-state index contributed by atoms with van der Waals surface area (Å²) >= 11 is 0. The van der Waals surface area contributed by atoms with Gasteiger partial charge in [0.05, 0.1) is 18.6 Å². The lowest BCUT2D eigenvalue weighted by molar-refractivity contribution is 0.103. The molecule has 0 fully saturated rings. The molecule has 116 valence electrons. The van der Waals surface area contributed by atoms with E-state index in [4.69, 9.17) is 4.74 Å². The quantitative estimate of drug-likeness (QED) is 0.883. The topological polar surface area (TPSA) is 58.2 Å². The molecule has 22 heavy (non-hydrogen) atoms. The van der Waals surface area contributed by atoms with E-state index in [2.05, 4.69) is 22.1 Å². The minimum Gasteiger partial charge on any atom is -0.449 e. The summed E-state index contributed by atoms with van der Waals surface area (Å²) in [5, 5.41) is 0. The minimum atomic E-state index is -0.210. The van der Waals surface area contributed by atoms with Gasteiger partial charge in [0.15, 0.2) is 0 Å². The van der Waals surface area contributed by atoms with Gasteiger partial charge in [-0.2, -0.15) is 0 Å². The molecule has 0 spiro atoms. The van der Waals surface area contributed by atoms with Crippen LogP contribution in [0.15, 0.2) is 36.7 Å². The van der Waals surface area contributed by atoms with Gasteiger partial charge in [0.25, 0.3) is 0 Å². The average molecular weight is 299 g/mol. The predicted molar refractivity (Wildman–Crippen MR) is 83.7 cm³/mol. The van der Waals surface area contributed by atoms with Gasteiger partial charge in [-0.05, 0) is 18.4 Å². The highest BCUT2D eigenvalue weighted by molar-refractivity contribution is 5.67. The normalized spacial score (nSPS) is 14.3. The number of imidazole rings is 1. The van der Waals surface area contributed by atoms with Crippen LogP contribution in [-0.2, 0) is 24.0 Å². The summed E-state index contributed by atoms with van der Waals surface area (Å²) < 4.78 is 5.39. The third-order valence-electron chi connectivity index (χ3n) is 3.99. The van der Waals surface area contributed by atoms with Crippen molar-refractivity contribution in [3.8, 4) is 0 Å². The van der Waals surface area contributed by atoms with Crippen LogP contribution in [0.4, 0.5) is 4.79 Å². The summed E-state index contributed by atoms with van der Waals surface area (Å²) in [7, 11) is 0. The maximum atomic E-state index is 12.1. The Balaban J connectivity index is 1.40. The number of hydrogen-bond acceptors (Lipinski definition) is 3. The molecular weight excluding hydrogens is 278 g/mol. The molecular formula is C17H21N3O2. The van der Waals surface area contributed by atoms with Crippen LogP contribution < -0.4 is 0 Å². The van der Waals surface area contributed by atoms with E-state index in [0.717, 1.165) is 37.1 Å². The standard InChI is InChI=1S/C17H21N3O2/c21-17(22-12-4-7-14-5-2-1-3-6-14)20-10-8-15-16(9-11-20)19-13-18-15/h1-3,5-6,13H,4,7-12H2,(H,18,19). The fourth-order valence-electron chi connectivity index (χ4n) is 2.73. The Kier molecular flexibility index (Phi) is 4.73. The van der Waals surface area contributed by atoms with Crippen molar-refractivity contribution in [2.45, 2.75) is 25.7 Å². The molecule has 3 rings (SSSR count). The molecule has 0 unspecified atom stereocenters. The van der Waals surface area contributed by atoms with Crippen LogP contribution in [0.5, 0.6) is 0 Å². The molecule has 0 radical (unpaired) electrons. The molecule has 0 atom stereocenters. The number of hydrogen-bond donors (Lipinski definition) is 1. The molecule has 0 aliphatic carbocycles. The Hall–Kier alpha value is -2.30. The van der Waals surface area contributed by atoms with Crippen molar-refractivity contribution in [1.29, 1.82) is 0 Å². The maximum absolute atomic E-state index is 12.1. The monoisotopic (exact) mass is 299 g/mol. The molecule has 0 bridgehead atoms. The zero-order chi connectivity index (χ0) is 15.2. The Morgan fingerprint density at radius 3 is 2.91 bits per heavy atom. The first-order valence-electron chi connectivity index (χ1n) is 7.79. The smallest absolute Gasteiger partial charge is 0.409 e. The van der Waals surface area contributed by atoms with Gasteiger partial charge >= 0.3 is 6.09 Å². The SMILES string of the molecule is O=C(OCCCc1ccccc1)N1CCc2nc[nH]c2CC1. The Morgan fingerprint density at radius 1 is 1.23 bits per heavy atom. The Bertz CT molecular complexity index is 587. The summed E-state index contributed by atoms with van der Waals surface area (Å²) in [4.78, 5) is 21.3. The second-order valence-corrected chi connectivity index (χ2v) is 5.52. The maximum Gasteiger partial charge on any atom is 0.409 e. The van der Waals surface area contributed by atoms with Crippen molar-refractivity contribution in [2.24, 2.45) is 0 Å². The Labute approximate surface area is 130 Å². The zero-order valence-corrected chi connectivity index (χ0v) is 12.6. The summed E-state index contributed by atoms with van der Waals surface area (Å²) in [6, 6.07) is 10.3. The molecule has 0 saturated carbocycles. The van der Waals surface area contributed by atoms with Crippen LogP contribution in [0, 0.1) is 0 Å². The lowest BCUT2D eigenvalue weighted by Gasteiger charge is -2.19. The number of aromatic nitrogens is 2. The van der Waals surface area contributed by atoms with Crippen LogP contribution in [0.1, 0.15) is 23.4 Å². The number of aryl methyl sites for hydroxylation is 1. The first kappa shape index (κ1) is 14.6. The number of carbonyl (C=O) groups excluding carboxylic acids is 1. The van der Waals surface area contributed by atoms with Crippen molar-refractivity contribution in [3.05, 3.63) is 53.6 Å². The fourth-order valence-corrected chi connectivity index (χ4v) is 2.73. The molecule has 1 amide bonds. The first-order chi connectivity index (χ1) is 10.8. The van der Waals surface area contributed by atoms with Gasteiger partial charge in [0.2, 0.25) is 0 Å². The number of amides is 1. The lowest BCUT2D eigenvalue weighted by atomic mass is 10.1. The van der Waals surface area contributed by atoms with E-state index in [0.29, 0.717) is 19.7 Å². The number of benzene rings is 1. The number of nitrogens with zero attached hydrogens (tertiary/aromatic N) is 2. The van der Waals surface area contributed by atoms with Crippen LogP contribution in [0.2, 0.25) is 0 Å². The minimum absolute atomic E-state index is 0.210. The second kappa shape index (κ2) is 7.11. The van der Waals surface area contributed by atoms with E-state index in [1.54, 1.807) is 11.2 Å². The van der Waals surface area contributed by atoms with Crippen molar-refractivity contribution >= 4 is 6.09 Å². The van der Waals surface area contributed by atoms with Gasteiger partial charge in [0, 0.05) is 31.6 Å². The summed E-state index contributed by atoms with van der Waals surface area (Å²) in [5.74, 6) is 0. The van der Waals surface area contributed by atoms with E-state index in [1.807, 2.05) is 18.2 Å². The number of rotatable bonds is 4. The molecule has 2 aromatic rings. The molecule has 5 nitrogen and oxygen atoms in total. The van der Waals surface area contributed by atoms with E-state index >= 15 is 0 Å². The highest BCUT2D eigenvalue weighted by Gasteiger charge is 2.20. The van der Waals surface area contributed by atoms with Crippen LogP contribution in [0.3, 0.4) is 0 Å². The van der Waals surface area contributed by atoms with E-state index in [-0.39, 0.29) is 6.09 Å². The van der Waals surface area contributed by atoms with E-state index in [9.17, 15) is 4.79 Å². The summed E-state index contributed by atoms with van der Waals surface area (Å²) in [6.07, 6.45) is 4.90. The Morgan fingerprint density at radius 2 is 2.05 bits per heavy atom.